The summed E-state index contributed by atoms with van der Waals surface area (Å²) in [4.78, 5) is 0. The minimum Gasteiger partial charge on any atom is -0.496 e. The van der Waals surface area contributed by atoms with Crippen LogP contribution < -0.4 is 10.1 Å². The summed E-state index contributed by atoms with van der Waals surface area (Å²) in [5, 5.41) is 22.0. The van der Waals surface area contributed by atoms with E-state index in [9.17, 15) is 19.0 Å². The van der Waals surface area contributed by atoms with E-state index >= 15 is 0 Å². The summed E-state index contributed by atoms with van der Waals surface area (Å²) in [5.74, 6) is -2.18. The van der Waals surface area contributed by atoms with Crippen LogP contribution in [0.25, 0.3) is 0 Å². The lowest BCUT2D eigenvalue weighted by Crippen LogP contribution is -2.29. The molecule has 0 fully saturated rings. The van der Waals surface area contributed by atoms with E-state index in [1.165, 1.54) is 7.11 Å². The highest BCUT2D eigenvalue weighted by molar-refractivity contribution is 5.37. The fourth-order valence-corrected chi connectivity index (χ4v) is 1.48. The maximum Gasteiger partial charge on any atom is 0.162 e. The lowest BCUT2D eigenvalue weighted by Gasteiger charge is -2.20. The number of benzene rings is 1. The number of halogens is 2. The van der Waals surface area contributed by atoms with Gasteiger partial charge in [-0.05, 0) is 13.1 Å². The molecule has 0 spiro atoms. The van der Waals surface area contributed by atoms with Crippen molar-refractivity contribution in [3.63, 3.8) is 0 Å². The van der Waals surface area contributed by atoms with Crippen molar-refractivity contribution in [3.05, 3.63) is 29.3 Å². The van der Waals surface area contributed by atoms with Gasteiger partial charge in [-0.2, -0.15) is 0 Å². The molecule has 0 bridgehead atoms. The minimum absolute atomic E-state index is 0.00782. The highest BCUT2D eigenvalue weighted by Gasteiger charge is 2.23. The fraction of sp³-hybridized carbons (Fsp3) is 0.455. The summed E-state index contributed by atoms with van der Waals surface area (Å²) in [7, 11) is 2.87. The van der Waals surface area contributed by atoms with Gasteiger partial charge in [-0.25, -0.2) is 8.78 Å². The van der Waals surface area contributed by atoms with Crippen LogP contribution in [-0.4, -0.2) is 37.0 Å². The zero-order valence-electron chi connectivity index (χ0n) is 9.58. The molecule has 0 aliphatic carbocycles. The molecule has 1 aromatic rings. The number of methoxy groups -OCH3 is 1. The number of aliphatic hydroxyl groups excluding tert-OH is 2. The second-order valence-electron chi connectivity index (χ2n) is 3.58. The van der Waals surface area contributed by atoms with Gasteiger partial charge in [-0.1, -0.05) is 0 Å². The van der Waals surface area contributed by atoms with E-state index in [2.05, 4.69) is 5.32 Å². The van der Waals surface area contributed by atoms with E-state index in [0.717, 1.165) is 12.1 Å². The van der Waals surface area contributed by atoms with E-state index in [1.54, 1.807) is 7.05 Å². The number of aliphatic hydroxyl groups is 2. The van der Waals surface area contributed by atoms with Crippen molar-refractivity contribution in [1.82, 2.24) is 5.32 Å². The summed E-state index contributed by atoms with van der Waals surface area (Å²) in [6, 6.07) is 1.65. The smallest absolute Gasteiger partial charge is 0.162 e. The topological polar surface area (TPSA) is 61.7 Å². The molecule has 0 aromatic heterocycles. The van der Waals surface area contributed by atoms with Gasteiger partial charge < -0.3 is 20.3 Å². The Morgan fingerprint density at radius 2 is 1.88 bits per heavy atom. The average molecular weight is 247 g/mol. The van der Waals surface area contributed by atoms with Crippen molar-refractivity contribution >= 4 is 0 Å². The van der Waals surface area contributed by atoms with Crippen molar-refractivity contribution in [2.45, 2.75) is 12.2 Å². The Morgan fingerprint density at radius 1 is 1.29 bits per heavy atom. The van der Waals surface area contributed by atoms with Crippen LogP contribution in [0.2, 0.25) is 0 Å². The quantitative estimate of drug-likeness (QED) is 0.712. The molecule has 1 aromatic carbocycles. The molecule has 4 nitrogen and oxygen atoms in total. The van der Waals surface area contributed by atoms with Crippen LogP contribution in [0.15, 0.2) is 12.1 Å². The number of ether oxygens (including phenoxy) is 1. The first-order valence-corrected chi connectivity index (χ1v) is 5.05. The molecule has 6 heteroatoms. The molecular formula is C11H15F2NO3. The predicted molar refractivity (Wildman–Crippen MR) is 57.8 cm³/mol. The van der Waals surface area contributed by atoms with Gasteiger partial charge in [0.05, 0.1) is 13.2 Å². The molecule has 2 atom stereocenters. The Balaban J connectivity index is 3.07. The molecule has 3 N–H and O–H groups in total. The largest absolute Gasteiger partial charge is 0.496 e. The van der Waals surface area contributed by atoms with Gasteiger partial charge in [0.1, 0.15) is 11.9 Å². The summed E-state index contributed by atoms with van der Waals surface area (Å²) in [6.07, 6.45) is -2.49. The van der Waals surface area contributed by atoms with E-state index in [1.807, 2.05) is 0 Å². The van der Waals surface area contributed by atoms with Gasteiger partial charge in [0.25, 0.3) is 0 Å². The standard InChI is InChI=1S/C11H15F2NO3/c1-14-5-9(15)11(16)6-3-7(12)8(13)4-10(6)17-2/h3-4,9,11,14-16H,5H2,1-2H3. The predicted octanol–water partition coefficient (Wildman–Crippen LogP) is 0.587. The third kappa shape index (κ3) is 3.12. The Hall–Kier alpha value is -1.24. The molecule has 0 aliphatic rings. The highest BCUT2D eigenvalue weighted by Crippen LogP contribution is 2.29. The second kappa shape index (κ2) is 5.90. The van der Waals surface area contributed by atoms with Crippen molar-refractivity contribution in [1.29, 1.82) is 0 Å². The SMILES string of the molecule is CNCC(O)C(O)c1cc(F)c(F)cc1OC. The first kappa shape index (κ1) is 13.8. The van der Waals surface area contributed by atoms with Crippen LogP contribution >= 0.6 is 0 Å². The molecule has 17 heavy (non-hydrogen) atoms. The second-order valence-corrected chi connectivity index (χ2v) is 3.58. The maximum absolute atomic E-state index is 13.1. The van der Waals surface area contributed by atoms with Crippen LogP contribution in [0, 0.1) is 11.6 Å². The lowest BCUT2D eigenvalue weighted by molar-refractivity contribution is 0.0186. The molecule has 0 saturated carbocycles. The molecule has 1 rings (SSSR count). The Labute approximate surface area is 97.8 Å². The molecule has 0 heterocycles. The van der Waals surface area contributed by atoms with Crippen molar-refractivity contribution < 1.29 is 23.7 Å². The Morgan fingerprint density at radius 3 is 2.41 bits per heavy atom. The fourth-order valence-electron chi connectivity index (χ4n) is 1.48. The van der Waals surface area contributed by atoms with E-state index in [-0.39, 0.29) is 17.9 Å². The third-order valence-corrected chi connectivity index (χ3v) is 2.37. The number of hydrogen-bond donors (Lipinski definition) is 3. The van der Waals surface area contributed by atoms with Crippen LogP contribution in [0.3, 0.4) is 0 Å². The summed E-state index contributed by atoms with van der Waals surface area (Å²) < 4.78 is 30.8. The first-order chi connectivity index (χ1) is 8.01. The molecule has 2 unspecified atom stereocenters. The Kier molecular flexibility index (Phi) is 4.80. The summed E-state index contributed by atoms with van der Waals surface area (Å²) in [5.41, 5.74) is 0.00847. The molecular weight excluding hydrogens is 232 g/mol. The minimum atomic E-state index is -1.35. The molecule has 0 saturated heterocycles. The number of likely N-dealkylation sites (N-methyl/N-ethyl adjacent to an activating group) is 1. The first-order valence-electron chi connectivity index (χ1n) is 5.05. The van der Waals surface area contributed by atoms with Crippen LogP contribution in [0.4, 0.5) is 8.78 Å². The van der Waals surface area contributed by atoms with Gasteiger partial charge in [0.2, 0.25) is 0 Å². The van der Waals surface area contributed by atoms with Crippen molar-refractivity contribution in [3.8, 4) is 5.75 Å². The number of rotatable bonds is 5. The highest BCUT2D eigenvalue weighted by atomic mass is 19.2. The molecule has 0 amide bonds. The van der Waals surface area contributed by atoms with Gasteiger partial charge in [-0.15, -0.1) is 0 Å². The lowest BCUT2D eigenvalue weighted by atomic mass is 10.0. The summed E-state index contributed by atoms with van der Waals surface area (Å²) in [6.45, 7) is 0.114. The maximum atomic E-state index is 13.1. The molecule has 0 aliphatic heterocycles. The number of hydrogen-bond acceptors (Lipinski definition) is 4. The van der Waals surface area contributed by atoms with Crippen LogP contribution in [0.1, 0.15) is 11.7 Å². The van der Waals surface area contributed by atoms with Gasteiger partial charge in [-0.3, -0.25) is 0 Å². The summed E-state index contributed by atoms with van der Waals surface area (Å²) >= 11 is 0. The van der Waals surface area contributed by atoms with E-state index in [4.69, 9.17) is 4.74 Å². The van der Waals surface area contributed by atoms with Crippen LogP contribution in [-0.2, 0) is 0 Å². The zero-order chi connectivity index (χ0) is 13.0. The molecule has 0 radical (unpaired) electrons. The zero-order valence-corrected chi connectivity index (χ0v) is 9.58. The molecule has 96 valence electrons. The van der Waals surface area contributed by atoms with Crippen molar-refractivity contribution in [2.75, 3.05) is 20.7 Å². The van der Waals surface area contributed by atoms with Crippen LogP contribution in [0.5, 0.6) is 5.75 Å². The van der Waals surface area contributed by atoms with E-state index in [0.29, 0.717) is 0 Å². The monoisotopic (exact) mass is 247 g/mol. The third-order valence-electron chi connectivity index (χ3n) is 2.37. The van der Waals surface area contributed by atoms with E-state index < -0.39 is 23.8 Å². The number of nitrogens with one attached hydrogen (secondary N) is 1. The average Bonchev–Trinajstić information content (AvgIpc) is 2.31. The normalized spacial score (nSPS) is 14.5. The van der Waals surface area contributed by atoms with Gasteiger partial charge >= 0.3 is 0 Å². The Bertz CT molecular complexity index is 387. The van der Waals surface area contributed by atoms with Crippen molar-refractivity contribution in [2.24, 2.45) is 0 Å². The van der Waals surface area contributed by atoms with Gasteiger partial charge in [0.15, 0.2) is 11.6 Å². The van der Waals surface area contributed by atoms with Gasteiger partial charge in [0, 0.05) is 18.2 Å².